The quantitative estimate of drug-likeness (QED) is 0.766. The zero-order valence-corrected chi connectivity index (χ0v) is 10.4. The van der Waals surface area contributed by atoms with E-state index in [1.165, 1.54) is 57.9 Å². The summed E-state index contributed by atoms with van der Waals surface area (Å²) in [6.07, 6.45) is 11.3. The fourth-order valence-corrected chi connectivity index (χ4v) is 3.01. The first-order valence-corrected chi connectivity index (χ1v) is 6.64. The van der Waals surface area contributed by atoms with E-state index < -0.39 is 0 Å². The van der Waals surface area contributed by atoms with Crippen molar-refractivity contribution in [1.29, 1.82) is 0 Å². The number of hydrogen-bond donors (Lipinski definition) is 1. The lowest BCUT2D eigenvalue weighted by Gasteiger charge is -2.48. The summed E-state index contributed by atoms with van der Waals surface area (Å²) in [6.45, 7) is 1.21. The van der Waals surface area contributed by atoms with Gasteiger partial charge in [-0.2, -0.15) is 0 Å². The summed E-state index contributed by atoms with van der Waals surface area (Å²) in [7, 11) is 4.48. The molecule has 0 radical (unpaired) electrons. The zero-order chi connectivity index (χ0) is 10.7. The van der Waals surface area contributed by atoms with E-state index in [0.29, 0.717) is 5.54 Å². The van der Waals surface area contributed by atoms with Crippen LogP contribution >= 0.6 is 0 Å². The highest BCUT2D eigenvalue weighted by Crippen LogP contribution is 2.35. The summed E-state index contributed by atoms with van der Waals surface area (Å²) in [5.74, 6) is 0. The summed E-state index contributed by atoms with van der Waals surface area (Å²) in [5, 5.41) is 3.80. The Morgan fingerprint density at radius 2 is 1.73 bits per heavy atom. The zero-order valence-electron chi connectivity index (χ0n) is 10.4. The number of rotatable bonds is 4. The van der Waals surface area contributed by atoms with Gasteiger partial charge in [0.1, 0.15) is 0 Å². The molecule has 0 atom stereocenters. The van der Waals surface area contributed by atoms with Crippen LogP contribution in [-0.4, -0.2) is 37.1 Å². The highest BCUT2D eigenvalue weighted by atomic mass is 15.2. The van der Waals surface area contributed by atoms with Gasteiger partial charge in [0.15, 0.2) is 0 Å². The van der Waals surface area contributed by atoms with Crippen LogP contribution in [0.25, 0.3) is 0 Å². The Labute approximate surface area is 94.4 Å². The normalized spacial score (nSPS) is 26.6. The maximum Gasteiger partial charge on any atom is 0.0328 e. The van der Waals surface area contributed by atoms with Crippen LogP contribution in [0.2, 0.25) is 0 Å². The average Bonchev–Trinajstić information content (AvgIpc) is 2.17. The van der Waals surface area contributed by atoms with Crippen molar-refractivity contribution >= 4 is 0 Å². The Bertz CT molecular complexity index is 191. The highest BCUT2D eigenvalue weighted by molar-refractivity contribution is 4.98. The summed E-state index contributed by atoms with van der Waals surface area (Å²) in [4.78, 5) is 2.44. The predicted octanol–water partition coefficient (Wildman–Crippen LogP) is 2.39. The van der Waals surface area contributed by atoms with Crippen molar-refractivity contribution in [3.63, 3.8) is 0 Å². The fourth-order valence-electron chi connectivity index (χ4n) is 3.01. The Morgan fingerprint density at radius 1 is 1.07 bits per heavy atom. The smallest absolute Gasteiger partial charge is 0.0328 e. The second kappa shape index (κ2) is 4.84. The van der Waals surface area contributed by atoms with E-state index in [2.05, 4.69) is 24.3 Å². The van der Waals surface area contributed by atoms with Crippen molar-refractivity contribution in [2.24, 2.45) is 0 Å². The number of nitrogens with one attached hydrogen (secondary N) is 1. The molecule has 1 N–H and O–H groups in total. The van der Waals surface area contributed by atoms with Gasteiger partial charge in [0.25, 0.3) is 0 Å². The van der Waals surface area contributed by atoms with Gasteiger partial charge < -0.3 is 10.2 Å². The van der Waals surface area contributed by atoms with E-state index >= 15 is 0 Å². The average molecular weight is 210 g/mol. The van der Waals surface area contributed by atoms with Crippen LogP contribution in [0, 0.1) is 0 Å². The monoisotopic (exact) mass is 210 g/mol. The molecule has 0 unspecified atom stereocenters. The van der Waals surface area contributed by atoms with Crippen molar-refractivity contribution in [3.8, 4) is 0 Å². The third-order valence-corrected chi connectivity index (χ3v) is 4.56. The van der Waals surface area contributed by atoms with E-state index in [9.17, 15) is 0 Å². The molecule has 0 aromatic carbocycles. The molecule has 88 valence electrons. The molecule has 0 amide bonds. The van der Waals surface area contributed by atoms with Crippen LogP contribution in [0.4, 0.5) is 0 Å². The van der Waals surface area contributed by atoms with E-state index in [1.54, 1.807) is 0 Å². The Morgan fingerprint density at radius 3 is 2.20 bits per heavy atom. The van der Waals surface area contributed by atoms with Gasteiger partial charge >= 0.3 is 0 Å². The molecule has 2 fully saturated rings. The molecule has 2 aliphatic carbocycles. The third kappa shape index (κ3) is 2.54. The number of likely N-dealkylation sites (N-methyl/N-ethyl adjacent to an activating group) is 1. The third-order valence-electron chi connectivity index (χ3n) is 4.56. The van der Waals surface area contributed by atoms with Crippen LogP contribution < -0.4 is 5.32 Å². The van der Waals surface area contributed by atoms with Crippen molar-refractivity contribution < 1.29 is 0 Å². The molecule has 15 heavy (non-hydrogen) atoms. The van der Waals surface area contributed by atoms with E-state index in [-0.39, 0.29) is 0 Å². The fraction of sp³-hybridized carbons (Fsp3) is 1.00. The van der Waals surface area contributed by atoms with Gasteiger partial charge in [-0.3, -0.25) is 0 Å². The number of nitrogens with zero attached hydrogens (tertiary/aromatic N) is 1. The standard InChI is InChI=1S/C13H26N2/c1-15(2)13(9-6-10-13)11-14-12-7-4-3-5-8-12/h12,14H,3-11H2,1-2H3. The molecule has 2 rings (SSSR count). The summed E-state index contributed by atoms with van der Waals surface area (Å²) in [5.41, 5.74) is 0.497. The maximum absolute atomic E-state index is 3.80. The van der Waals surface area contributed by atoms with Crippen molar-refractivity contribution in [2.75, 3.05) is 20.6 Å². The van der Waals surface area contributed by atoms with Crippen molar-refractivity contribution in [3.05, 3.63) is 0 Å². The first kappa shape index (κ1) is 11.4. The lowest BCUT2D eigenvalue weighted by molar-refractivity contribution is 0.0556. The maximum atomic E-state index is 3.80. The van der Waals surface area contributed by atoms with Gasteiger partial charge in [-0.05, 0) is 46.2 Å². The molecule has 0 aliphatic heterocycles. The minimum Gasteiger partial charge on any atom is -0.312 e. The largest absolute Gasteiger partial charge is 0.312 e. The Balaban J connectivity index is 1.75. The Hall–Kier alpha value is -0.0800. The summed E-state index contributed by atoms with van der Waals surface area (Å²) in [6, 6.07) is 0.816. The van der Waals surface area contributed by atoms with Gasteiger partial charge in [0.2, 0.25) is 0 Å². The second-order valence-electron chi connectivity index (χ2n) is 5.69. The van der Waals surface area contributed by atoms with Gasteiger partial charge in [0, 0.05) is 18.1 Å². The molecule has 2 heteroatoms. The van der Waals surface area contributed by atoms with E-state index in [1.807, 2.05) is 0 Å². The Kier molecular flexibility index (Phi) is 3.68. The molecule has 2 nitrogen and oxygen atoms in total. The van der Waals surface area contributed by atoms with Gasteiger partial charge in [0.05, 0.1) is 0 Å². The SMILES string of the molecule is CN(C)C1(CNC2CCCCC2)CCC1. The van der Waals surface area contributed by atoms with Gasteiger partial charge in [-0.15, -0.1) is 0 Å². The highest BCUT2D eigenvalue weighted by Gasteiger charge is 2.38. The molecule has 2 aliphatic rings. The minimum atomic E-state index is 0.497. The topological polar surface area (TPSA) is 15.3 Å². The molecule has 0 saturated heterocycles. The van der Waals surface area contributed by atoms with Crippen LogP contribution in [0.5, 0.6) is 0 Å². The van der Waals surface area contributed by atoms with E-state index in [4.69, 9.17) is 0 Å². The van der Waals surface area contributed by atoms with Crippen LogP contribution in [0.15, 0.2) is 0 Å². The molecular weight excluding hydrogens is 184 g/mol. The lowest BCUT2D eigenvalue weighted by Crippen LogP contribution is -2.57. The van der Waals surface area contributed by atoms with E-state index in [0.717, 1.165) is 6.04 Å². The number of hydrogen-bond acceptors (Lipinski definition) is 2. The molecule has 0 aromatic heterocycles. The first-order valence-electron chi connectivity index (χ1n) is 6.64. The lowest BCUT2D eigenvalue weighted by atomic mass is 9.75. The first-order chi connectivity index (χ1) is 7.23. The van der Waals surface area contributed by atoms with Gasteiger partial charge in [-0.1, -0.05) is 19.3 Å². The molecule has 0 spiro atoms. The van der Waals surface area contributed by atoms with Crippen LogP contribution in [0.1, 0.15) is 51.4 Å². The predicted molar refractivity (Wildman–Crippen MR) is 65.1 cm³/mol. The summed E-state index contributed by atoms with van der Waals surface area (Å²) >= 11 is 0. The molecule has 2 saturated carbocycles. The second-order valence-corrected chi connectivity index (χ2v) is 5.69. The van der Waals surface area contributed by atoms with Crippen molar-refractivity contribution in [1.82, 2.24) is 10.2 Å². The minimum absolute atomic E-state index is 0.497. The molecule has 0 bridgehead atoms. The molecular formula is C13H26N2. The van der Waals surface area contributed by atoms with Crippen LogP contribution in [0.3, 0.4) is 0 Å². The summed E-state index contributed by atoms with van der Waals surface area (Å²) < 4.78 is 0. The molecule has 0 heterocycles. The van der Waals surface area contributed by atoms with Crippen molar-refractivity contribution in [2.45, 2.75) is 62.9 Å². The molecule has 0 aromatic rings. The van der Waals surface area contributed by atoms with Crippen LogP contribution in [-0.2, 0) is 0 Å². The van der Waals surface area contributed by atoms with Gasteiger partial charge in [-0.25, -0.2) is 0 Å².